The number of hydrogen-bond acceptors (Lipinski definition) is 4. The number of hydrogen-bond donors (Lipinski definition) is 2. The third-order valence-electron chi connectivity index (χ3n) is 2.26. The molecule has 88 valence electrons. The summed E-state index contributed by atoms with van der Waals surface area (Å²) in [6, 6.07) is 3.86. The first-order valence-corrected chi connectivity index (χ1v) is 6.10. The quantitative estimate of drug-likeness (QED) is 0.849. The summed E-state index contributed by atoms with van der Waals surface area (Å²) < 4.78 is 0.928. The summed E-state index contributed by atoms with van der Waals surface area (Å²) in [5, 5.41) is 3.28. The molecule has 2 heterocycles. The molecule has 0 aliphatic rings. The summed E-state index contributed by atoms with van der Waals surface area (Å²) in [6.07, 6.45) is 7.45. The zero-order valence-electron chi connectivity index (χ0n) is 9.23. The minimum Gasteiger partial charge on any atom is -0.380 e. The largest absolute Gasteiger partial charge is 0.380 e. The molecule has 0 bridgehead atoms. The van der Waals surface area contributed by atoms with Crippen molar-refractivity contribution < 1.29 is 0 Å². The highest BCUT2D eigenvalue weighted by atomic mass is 79.9. The average molecular weight is 293 g/mol. The van der Waals surface area contributed by atoms with E-state index in [1.54, 1.807) is 12.4 Å². The SMILES string of the molecule is NC/C=C/CNc1ccnc2cc(Br)cnc12. The van der Waals surface area contributed by atoms with E-state index >= 15 is 0 Å². The van der Waals surface area contributed by atoms with Crippen LogP contribution in [-0.2, 0) is 0 Å². The molecule has 2 rings (SSSR count). The van der Waals surface area contributed by atoms with Gasteiger partial charge in [0, 0.05) is 30.0 Å². The Morgan fingerprint density at radius 1 is 1.35 bits per heavy atom. The molecule has 0 fully saturated rings. The summed E-state index contributed by atoms with van der Waals surface area (Å²) in [7, 11) is 0. The van der Waals surface area contributed by atoms with Gasteiger partial charge in [-0.2, -0.15) is 0 Å². The molecule has 0 aromatic carbocycles. The Balaban J connectivity index is 2.25. The number of nitrogens with one attached hydrogen (secondary N) is 1. The first-order chi connectivity index (χ1) is 8.31. The zero-order chi connectivity index (χ0) is 12.1. The topological polar surface area (TPSA) is 63.8 Å². The highest BCUT2D eigenvalue weighted by Crippen LogP contribution is 2.21. The number of rotatable bonds is 4. The zero-order valence-corrected chi connectivity index (χ0v) is 10.8. The number of pyridine rings is 2. The van der Waals surface area contributed by atoms with Crippen molar-refractivity contribution >= 4 is 32.7 Å². The molecule has 0 spiro atoms. The van der Waals surface area contributed by atoms with Crippen molar-refractivity contribution in [2.75, 3.05) is 18.4 Å². The number of nitrogens with zero attached hydrogens (tertiary/aromatic N) is 2. The molecule has 0 atom stereocenters. The molecule has 0 unspecified atom stereocenters. The Bertz CT molecular complexity index is 539. The number of anilines is 1. The highest BCUT2D eigenvalue weighted by molar-refractivity contribution is 9.10. The van der Waals surface area contributed by atoms with Crippen molar-refractivity contribution in [3.63, 3.8) is 0 Å². The molecule has 5 heteroatoms. The predicted octanol–water partition coefficient (Wildman–Crippen LogP) is 2.32. The smallest absolute Gasteiger partial charge is 0.112 e. The third-order valence-corrected chi connectivity index (χ3v) is 2.69. The Kier molecular flexibility index (Phi) is 4.06. The molecule has 0 amide bonds. The lowest BCUT2D eigenvalue weighted by Gasteiger charge is -2.06. The number of aromatic nitrogens is 2. The van der Waals surface area contributed by atoms with E-state index in [0.717, 1.165) is 27.7 Å². The molecular formula is C12H13BrN4. The molecule has 0 saturated heterocycles. The number of nitrogens with two attached hydrogens (primary N) is 1. The molecule has 2 aromatic rings. The first kappa shape index (κ1) is 12.0. The van der Waals surface area contributed by atoms with Gasteiger partial charge >= 0.3 is 0 Å². The second kappa shape index (κ2) is 5.75. The van der Waals surface area contributed by atoms with Crippen molar-refractivity contribution in [2.45, 2.75) is 0 Å². The van der Waals surface area contributed by atoms with Crippen molar-refractivity contribution in [3.8, 4) is 0 Å². The van der Waals surface area contributed by atoms with Crippen LogP contribution >= 0.6 is 15.9 Å². The maximum atomic E-state index is 5.37. The molecule has 0 aliphatic carbocycles. The van der Waals surface area contributed by atoms with E-state index in [2.05, 4.69) is 31.2 Å². The minimum atomic E-state index is 0.559. The lowest BCUT2D eigenvalue weighted by molar-refractivity contribution is 1.22. The van der Waals surface area contributed by atoms with E-state index in [1.165, 1.54) is 0 Å². The van der Waals surface area contributed by atoms with Gasteiger partial charge in [0.1, 0.15) is 5.52 Å². The Morgan fingerprint density at radius 2 is 2.24 bits per heavy atom. The maximum Gasteiger partial charge on any atom is 0.112 e. The van der Waals surface area contributed by atoms with E-state index in [9.17, 15) is 0 Å². The lowest BCUT2D eigenvalue weighted by atomic mass is 10.3. The number of halogens is 1. The monoisotopic (exact) mass is 292 g/mol. The van der Waals surface area contributed by atoms with Gasteiger partial charge in [-0.25, -0.2) is 0 Å². The standard InChI is InChI=1S/C12H13BrN4/c13-9-7-11-12(17-8-9)10(3-6-16-11)15-5-2-1-4-14/h1-3,6-8H,4-5,14H2,(H,15,16)/b2-1+. The third kappa shape index (κ3) is 3.01. The average Bonchev–Trinajstić information content (AvgIpc) is 2.34. The van der Waals surface area contributed by atoms with Crippen LogP contribution in [0.1, 0.15) is 0 Å². The van der Waals surface area contributed by atoms with Crippen LogP contribution in [0, 0.1) is 0 Å². The Labute approximate surface area is 108 Å². The molecule has 0 radical (unpaired) electrons. The minimum absolute atomic E-state index is 0.559. The Hall–Kier alpha value is -1.46. The van der Waals surface area contributed by atoms with Crippen molar-refractivity contribution in [2.24, 2.45) is 5.73 Å². The molecule has 2 aromatic heterocycles. The van der Waals surface area contributed by atoms with E-state index in [4.69, 9.17) is 5.73 Å². The Morgan fingerprint density at radius 3 is 3.06 bits per heavy atom. The highest BCUT2D eigenvalue weighted by Gasteiger charge is 2.02. The second-order valence-corrected chi connectivity index (χ2v) is 4.38. The van der Waals surface area contributed by atoms with Crippen molar-refractivity contribution in [1.82, 2.24) is 9.97 Å². The fraction of sp³-hybridized carbons (Fsp3) is 0.167. The molecule has 17 heavy (non-hydrogen) atoms. The van der Waals surface area contributed by atoms with Crippen LogP contribution in [0.3, 0.4) is 0 Å². The van der Waals surface area contributed by atoms with Gasteiger partial charge < -0.3 is 11.1 Å². The van der Waals surface area contributed by atoms with E-state index < -0.39 is 0 Å². The predicted molar refractivity (Wildman–Crippen MR) is 73.9 cm³/mol. The summed E-state index contributed by atoms with van der Waals surface area (Å²) >= 11 is 3.38. The van der Waals surface area contributed by atoms with Crippen LogP contribution in [-0.4, -0.2) is 23.1 Å². The fourth-order valence-electron chi connectivity index (χ4n) is 1.50. The molecule has 4 nitrogen and oxygen atoms in total. The van der Waals surface area contributed by atoms with Gasteiger partial charge in [-0.05, 0) is 28.1 Å². The lowest BCUT2D eigenvalue weighted by Crippen LogP contribution is -2.01. The molecule has 3 N–H and O–H groups in total. The molecule has 0 saturated carbocycles. The molecular weight excluding hydrogens is 280 g/mol. The van der Waals surface area contributed by atoms with Gasteiger partial charge in [0.2, 0.25) is 0 Å². The van der Waals surface area contributed by atoms with Crippen LogP contribution in [0.5, 0.6) is 0 Å². The van der Waals surface area contributed by atoms with Crippen LogP contribution in [0.25, 0.3) is 11.0 Å². The van der Waals surface area contributed by atoms with Crippen LogP contribution in [0.2, 0.25) is 0 Å². The second-order valence-electron chi connectivity index (χ2n) is 3.47. The van der Waals surface area contributed by atoms with Gasteiger partial charge in [-0.15, -0.1) is 0 Å². The molecule has 0 aliphatic heterocycles. The van der Waals surface area contributed by atoms with Crippen LogP contribution in [0.4, 0.5) is 5.69 Å². The first-order valence-electron chi connectivity index (χ1n) is 5.30. The summed E-state index contributed by atoms with van der Waals surface area (Å²) in [6.45, 7) is 1.29. The normalized spacial score (nSPS) is 11.2. The van der Waals surface area contributed by atoms with Crippen molar-refractivity contribution in [1.29, 1.82) is 0 Å². The summed E-state index contributed by atoms with van der Waals surface area (Å²) in [5.41, 5.74) is 8.09. The maximum absolute atomic E-state index is 5.37. The fourth-order valence-corrected chi connectivity index (χ4v) is 1.82. The van der Waals surface area contributed by atoms with Gasteiger partial charge in [0.05, 0.1) is 11.2 Å². The van der Waals surface area contributed by atoms with Gasteiger partial charge in [0.15, 0.2) is 0 Å². The van der Waals surface area contributed by atoms with E-state index in [0.29, 0.717) is 6.54 Å². The summed E-state index contributed by atoms with van der Waals surface area (Å²) in [5.74, 6) is 0. The van der Waals surface area contributed by atoms with Gasteiger partial charge in [-0.3, -0.25) is 9.97 Å². The van der Waals surface area contributed by atoms with Crippen LogP contribution in [0.15, 0.2) is 41.2 Å². The van der Waals surface area contributed by atoms with Crippen molar-refractivity contribution in [3.05, 3.63) is 41.2 Å². The van der Waals surface area contributed by atoms with E-state index in [1.807, 2.05) is 24.3 Å². The van der Waals surface area contributed by atoms with E-state index in [-0.39, 0.29) is 0 Å². The summed E-state index contributed by atoms with van der Waals surface area (Å²) in [4.78, 5) is 8.64. The number of fused-ring (bicyclic) bond motifs is 1. The van der Waals surface area contributed by atoms with Gasteiger partial charge in [-0.1, -0.05) is 12.2 Å². The van der Waals surface area contributed by atoms with Gasteiger partial charge in [0.25, 0.3) is 0 Å². The van der Waals surface area contributed by atoms with Crippen LogP contribution < -0.4 is 11.1 Å².